The van der Waals surface area contributed by atoms with Gasteiger partial charge < -0.3 is 10.2 Å². The zero-order valence-electron chi connectivity index (χ0n) is 11.3. The molecule has 2 aromatic rings. The minimum atomic E-state index is -1.31. The van der Waals surface area contributed by atoms with Crippen molar-refractivity contribution in [1.82, 2.24) is 0 Å². The van der Waals surface area contributed by atoms with Gasteiger partial charge in [-0.05, 0) is 36.1 Å². The molecule has 3 nitrogen and oxygen atoms in total. The molecule has 2 aromatic carbocycles. The molecule has 0 atom stereocenters. The highest BCUT2D eigenvalue weighted by atomic mass is 35.5. The van der Waals surface area contributed by atoms with Gasteiger partial charge in [0.2, 0.25) is 5.76 Å². The van der Waals surface area contributed by atoms with Crippen LogP contribution in [0.1, 0.15) is 17.5 Å². The van der Waals surface area contributed by atoms with Gasteiger partial charge in [0.1, 0.15) is 0 Å². The summed E-state index contributed by atoms with van der Waals surface area (Å²) in [6, 6.07) is 16.4. The van der Waals surface area contributed by atoms with E-state index in [9.17, 15) is 9.90 Å². The number of hydrogen-bond donors (Lipinski definition) is 2. The van der Waals surface area contributed by atoms with Crippen molar-refractivity contribution in [3.8, 4) is 0 Å². The third kappa shape index (κ3) is 4.10. The predicted octanol–water partition coefficient (Wildman–Crippen LogP) is 4.33. The number of aliphatic hydroxyl groups is 1. The molecule has 4 heteroatoms. The number of carboxylic acid groups (broad SMARTS) is 1. The van der Waals surface area contributed by atoms with Crippen LogP contribution in [-0.2, 0) is 11.2 Å². The maximum absolute atomic E-state index is 11.0. The van der Waals surface area contributed by atoms with Gasteiger partial charge in [-0.15, -0.1) is 0 Å². The number of carbonyl (C=O) groups is 1. The quantitative estimate of drug-likeness (QED) is 0.638. The van der Waals surface area contributed by atoms with Crippen LogP contribution in [0.25, 0.3) is 5.57 Å². The van der Waals surface area contributed by atoms with Crippen LogP contribution >= 0.6 is 11.6 Å². The summed E-state index contributed by atoms with van der Waals surface area (Å²) in [5.74, 6) is -1.92. The highest BCUT2D eigenvalue weighted by Gasteiger charge is 2.14. The summed E-state index contributed by atoms with van der Waals surface area (Å²) in [4.78, 5) is 11.0. The largest absolute Gasteiger partial charge is 0.502 e. The fraction of sp³-hybridized carbons (Fsp3) is 0.118. The van der Waals surface area contributed by atoms with Crippen molar-refractivity contribution in [3.05, 3.63) is 76.5 Å². The van der Waals surface area contributed by atoms with E-state index in [1.165, 1.54) is 0 Å². The lowest BCUT2D eigenvalue weighted by atomic mass is 9.97. The molecule has 2 rings (SSSR count). The molecule has 108 valence electrons. The molecular weight excluding hydrogens is 288 g/mol. The third-order valence-electron chi connectivity index (χ3n) is 3.19. The Morgan fingerprint density at radius 1 is 0.952 bits per heavy atom. The summed E-state index contributed by atoms with van der Waals surface area (Å²) in [6.07, 6.45) is 1.06. The Morgan fingerprint density at radius 3 is 2.14 bits per heavy atom. The Hall–Kier alpha value is -2.26. The average Bonchev–Trinajstić information content (AvgIpc) is 2.50. The second-order valence-corrected chi connectivity index (χ2v) is 5.06. The molecule has 2 N–H and O–H groups in total. The van der Waals surface area contributed by atoms with Gasteiger partial charge in [0.25, 0.3) is 0 Å². The Labute approximate surface area is 128 Å². The maximum atomic E-state index is 11.0. The molecule has 21 heavy (non-hydrogen) atoms. The molecule has 0 aliphatic carbocycles. The number of benzene rings is 2. The van der Waals surface area contributed by atoms with Crippen LogP contribution in [0.4, 0.5) is 0 Å². The lowest BCUT2D eigenvalue weighted by Crippen LogP contribution is -2.04. The average molecular weight is 303 g/mol. The first kappa shape index (κ1) is 15.1. The SMILES string of the molecule is O=C(O)/C(O)=C(/CCc1ccc(Cl)cc1)c1ccccc1. The number of rotatable bonds is 5. The molecule has 0 aromatic heterocycles. The van der Waals surface area contributed by atoms with Gasteiger partial charge in [0, 0.05) is 10.6 Å². The van der Waals surface area contributed by atoms with Crippen molar-refractivity contribution in [1.29, 1.82) is 0 Å². The Bertz CT molecular complexity index is 645. The smallest absolute Gasteiger partial charge is 0.371 e. The van der Waals surface area contributed by atoms with Crippen LogP contribution in [0, 0.1) is 0 Å². The monoisotopic (exact) mass is 302 g/mol. The van der Waals surface area contributed by atoms with Crippen LogP contribution in [0.15, 0.2) is 60.4 Å². The number of allylic oxidation sites excluding steroid dienone is 1. The van der Waals surface area contributed by atoms with Gasteiger partial charge in [-0.3, -0.25) is 0 Å². The van der Waals surface area contributed by atoms with E-state index >= 15 is 0 Å². The van der Waals surface area contributed by atoms with Crippen LogP contribution in [0.3, 0.4) is 0 Å². The van der Waals surface area contributed by atoms with Crippen LogP contribution in [-0.4, -0.2) is 16.2 Å². The zero-order valence-corrected chi connectivity index (χ0v) is 12.0. The van der Waals surface area contributed by atoms with Gasteiger partial charge in [0.15, 0.2) is 0 Å². The van der Waals surface area contributed by atoms with Crippen molar-refractivity contribution < 1.29 is 15.0 Å². The van der Waals surface area contributed by atoms with Gasteiger partial charge in [-0.2, -0.15) is 0 Å². The van der Waals surface area contributed by atoms with Crippen molar-refractivity contribution in [2.24, 2.45) is 0 Å². The van der Waals surface area contributed by atoms with E-state index in [1.54, 1.807) is 24.3 Å². The fourth-order valence-electron chi connectivity index (χ4n) is 2.09. The molecule has 0 fully saturated rings. The Balaban J connectivity index is 2.24. The van der Waals surface area contributed by atoms with E-state index in [0.717, 1.165) is 5.56 Å². The van der Waals surface area contributed by atoms with Crippen molar-refractivity contribution in [3.63, 3.8) is 0 Å². The molecule has 0 amide bonds. The number of aryl methyl sites for hydroxylation is 1. The van der Waals surface area contributed by atoms with E-state index in [4.69, 9.17) is 16.7 Å². The van der Waals surface area contributed by atoms with Crippen molar-refractivity contribution in [2.45, 2.75) is 12.8 Å². The number of aliphatic carboxylic acids is 1. The molecule has 0 aliphatic heterocycles. The van der Waals surface area contributed by atoms with Crippen LogP contribution in [0.2, 0.25) is 5.02 Å². The lowest BCUT2D eigenvalue weighted by molar-refractivity contribution is -0.135. The topological polar surface area (TPSA) is 57.5 Å². The minimum absolute atomic E-state index is 0.429. The standard InChI is InChI=1S/C17H15ClO3/c18-14-9-6-12(7-10-14)8-11-15(16(19)17(20)21)13-4-2-1-3-5-13/h1-7,9-10,19H,8,11H2,(H,20,21)/b16-15+. The fourth-order valence-corrected chi connectivity index (χ4v) is 2.21. The van der Waals surface area contributed by atoms with E-state index in [1.807, 2.05) is 30.3 Å². The summed E-state index contributed by atoms with van der Waals surface area (Å²) in [6.45, 7) is 0. The molecule has 0 saturated carbocycles. The maximum Gasteiger partial charge on any atom is 0.371 e. The predicted molar refractivity (Wildman–Crippen MR) is 83.4 cm³/mol. The summed E-state index contributed by atoms with van der Waals surface area (Å²) >= 11 is 5.84. The van der Waals surface area contributed by atoms with E-state index in [2.05, 4.69) is 0 Å². The number of carboxylic acids is 1. The molecule has 0 radical (unpaired) electrons. The van der Waals surface area contributed by atoms with Gasteiger partial charge in [0.05, 0.1) is 0 Å². The second-order valence-electron chi connectivity index (χ2n) is 4.62. The molecule has 0 aliphatic rings. The van der Waals surface area contributed by atoms with Crippen LogP contribution in [0.5, 0.6) is 0 Å². The van der Waals surface area contributed by atoms with E-state index in [0.29, 0.717) is 29.0 Å². The van der Waals surface area contributed by atoms with Crippen LogP contribution < -0.4 is 0 Å². The van der Waals surface area contributed by atoms with Crippen molar-refractivity contribution >= 4 is 23.1 Å². The molecular formula is C17H15ClO3. The van der Waals surface area contributed by atoms with Gasteiger partial charge in [-0.25, -0.2) is 4.79 Å². The first-order valence-corrected chi connectivity index (χ1v) is 6.91. The highest BCUT2D eigenvalue weighted by molar-refractivity contribution is 6.30. The molecule has 0 heterocycles. The zero-order chi connectivity index (χ0) is 15.2. The normalized spacial score (nSPS) is 11.9. The first-order valence-electron chi connectivity index (χ1n) is 6.53. The summed E-state index contributed by atoms with van der Waals surface area (Å²) < 4.78 is 0. The summed E-state index contributed by atoms with van der Waals surface area (Å²) in [7, 11) is 0. The Morgan fingerprint density at radius 2 is 1.57 bits per heavy atom. The van der Waals surface area contributed by atoms with E-state index < -0.39 is 11.7 Å². The molecule has 0 spiro atoms. The second kappa shape index (κ2) is 6.95. The summed E-state index contributed by atoms with van der Waals surface area (Å²) in [5.41, 5.74) is 2.18. The van der Waals surface area contributed by atoms with E-state index in [-0.39, 0.29) is 0 Å². The minimum Gasteiger partial charge on any atom is -0.502 e. The van der Waals surface area contributed by atoms with Gasteiger partial charge >= 0.3 is 5.97 Å². The number of hydrogen-bond acceptors (Lipinski definition) is 2. The molecule has 0 bridgehead atoms. The number of aliphatic hydroxyl groups excluding tert-OH is 1. The first-order chi connectivity index (χ1) is 10.1. The molecule has 0 saturated heterocycles. The number of halogens is 1. The molecule has 0 unspecified atom stereocenters. The highest BCUT2D eigenvalue weighted by Crippen LogP contribution is 2.24. The summed E-state index contributed by atoms with van der Waals surface area (Å²) in [5, 5.41) is 19.5. The lowest BCUT2D eigenvalue weighted by Gasteiger charge is -2.09. The third-order valence-corrected chi connectivity index (χ3v) is 3.44. The van der Waals surface area contributed by atoms with Crippen molar-refractivity contribution in [2.75, 3.05) is 0 Å². The Kier molecular flexibility index (Phi) is 5.01. The van der Waals surface area contributed by atoms with Gasteiger partial charge in [-0.1, -0.05) is 54.1 Å².